The van der Waals surface area contributed by atoms with Gasteiger partial charge in [0, 0.05) is 25.4 Å². The normalized spacial score (nSPS) is 20.1. The quantitative estimate of drug-likeness (QED) is 0.755. The molecule has 0 spiro atoms. The van der Waals surface area contributed by atoms with Crippen molar-refractivity contribution >= 4 is 29.1 Å². The first-order valence-corrected chi connectivity index (χ1v) is 8.33. The molecule has 3 rings (SSSR count). The van der Waals surface area contributed by atoms with Gasteiger partial charge in [-0.2, -0.15) is 0 Å². The fourth-order valence-electron chi connectivity index (χ4n) is 3.09. The molecule has 7 nitrogen and oxygen atoms in total. The van der Waals surface area contributed by atoms with Gasteiger partial charge < -0.3 is 20.9 Å². The van der Waals surface area contributed by atoms with Gasteiger partial charge >= 0.3 is 0 Å². The zero-order valence-electron chi connectivity index (χ0n) is 13.5. The van der Waals surface area contributed by atoms with Crippen LogP contribution < -0.4 is 20.9 Å². The van der Waals surface area contributed by atoms with E-state index in [1.54, 1.807) is 18.2 Å². The summed E-state index contributed by atoms with van der Waals surface area (Å²) < 4.78 is 0. The lowest BCUT2D eigenvalue weighted by atomic mass is 10.1. The van der Waals surface area contributed by atoms with Crippen LogP contribution in [0.25, 0.3) is 0 Å². The number of amides is 3. The Kier molecular flexibility index (Phi) is 5.10. The molecule has 128 valence electrons. The molecular weight excluding hydrogens is 308 g/mol. The van der Waals surface area contributed by atoms with Crippen molar-refractivity contribution in [1.29, 1.82) is 0 Å². The molecule has 2 aliphatic heterocycles. The van der Waals surface area contributed by atoms with Crippen molar-refractivity contribution in [3.8, 4) is 0 Å². The Hall–Kier alpha value is -2.41. The summed E-state index contributed by atoms with van der Waals surface area (Å²) in [7, 11) is 0. The molecule has 0 bridgehead atoms. The van der Waals surface area contributed by atoms with Crippen LogP contribution in [0.5, 0.6) is 0 Å². The van der Waals surface area contributed by atoms with Crippen molar-refractivity contribution in [2.24, 2.45) is 0 Å². The number of fused-ring (bicyclic) bond motifs is 1. The van der Waals surface area contributed by atoms with Gasteiger partial charge in [0.2, 0.25) is 17.7 Å². The molecule has 3 amide bonds. The maximum absolute atomic E-state index is 12.5. The summed E-state index contributed by atoms with van der Waals surface area (Å²) in [5.74, 6) is -0.555. The van der Waals surface area contributed by atoms with Crippen LogP contribution in [0.1, 0.15) is 25.7 Å². The first-order valence-electron chi connectivity index (χ1n) is 8.33. The zero-order valence-corrected chi connectivity index (χ0v) is 13.5. The summed E-state index contributed by atoms with van der Waals surface area (Å²) in [6.45, 7) is 1.75. The third-order valence-corrected chi connectivity index (χ3v) is 4.30. The van der Waals surface area contributed by atoms with E-state index in [4.69, 9.17) is 0 Å². The molecule has 0 unspecified atom stereocenters. The van der Waals surface area contributed by atoms with Crippen LogP contribution in [0.2, 0.25) is 0 Å². The van der Waals surface area contributed by atoms with Gasteiger partial charge in [-0.25, -0.2) is 0 Å². The topological polar surface area (TPSA) is 90.5 Å². The maximum Gasteiger partial charge on any atom is 0.244 e. The Morgan fingerprint density at radius 2 is 2.08 bits per heavy atom. The van der Waals surface area contributed by atoms with Crippen LogP contribution in [0.4, 0.5) is 11.4 Å². The minimum atomic E-state index is -0.222. The number of nitrogens with zero attached hydrogens (tertiary/aromatic N) is 1. The molecule has 7 heteroatoms. The van der Waals surface area contributed by atoms with Crippen LogP contribution in [0.15, 0.2) is 24.3 Å². The second-order valence-corrected chi connectivity index (χ2v) is 6.16. The average Bonchev–Trinajstić information content (AvgIpc) is 2.59. The summed E-state index contributed by atoms with van der Waals surface area (Å²) in [5, 5.41) is 8.94. The smallest absolute Gasteiger partial charge is 0.244 e. The molecule has 2 heterocycles. The van der Waals surface area contributed by atoms with Crippen LogP contribution >= 0.6 is 0 Å². The summed E-state index contributed by atoms with van der Waals surface area (Å²) in [4.78, 5) is 37.7. The van der Waals surface area contributed by atoms with Crippen LogP contribution in [-0.4, -0.2) is 43.4 Å². The van der Waals surface area contributed by atoms with Gasteiger partial charge in [0.05, 0.1) is 11.4 Å². The first-order chi connectivity index (χ1) is 11.6. The number of carbonyl (C=O) groups excluding carboxylic acids is 3. The predicted octanol–water partition coefficient (Wildman–Crippen LogP) is 0.620. The Balaban J connectivity index is 1.55. The first kappa shape index (κ1) is 16.4. The van der Waals surface area contributed by atoms with Gasteiger partial charge in [0.1, 0.15) is 6.54 Å². The molecule has 1 atom stereocenters. The average molecular weight is 330 g/mol. The van der Waals surface area contributed by atoms with Gasteiger partial charge in [-0.1, -0.05) is 12.1 Å². The van der Waals surface area contributed by atoms with E-state index in [9.17, 15) is 14.4 Å². The number of carbonyl (C=O) groups is 3. The molecule has 3 N–H and O–H groups in total. The Labute approximate surface area is 140 Å². The number of benzene rings is 1. The number of hydrogen-bond acceptors (Lipinski definition) is 4. The fraction of sp³-hybridized carbons (Fsp3) is 0.471. The standard InChI is InChI=1S/C17H22N4O3/c22-15(19-12-4-3-9-18-10-12)7-8-17(24)21-11-16(23)20-13-5-1-2-6-14(13)21/h1-2,5-6,12,18H,3-4,7-11H2,(H,19,22)(H,20,23)/t12-/m0/s1. The molecule has 1 aromatic rings. The third-order valence-electron chi connectivity index (χ3n) is 4.30. The lowest BCUT2D eigenvalue weighted by molar-refractivity contribution is -0.126. The SMILES string of the molecule is O=C1CN(C(=O)CCC(=O)N[C@H]2CCCNC2)c2ccccc2N1. The highest BCUT2D eigenvalue weighted by atomic mass is 16.2. The van der Waals surface area contributed by atoms with Gasteiger partial charge in [0.15, 0.2) is 0 Å². The van der Waals surface area contributed by atoms with E-state index in [0.29, 0.717) is 11.4 Å². The van der Waals surface area contributed by atoms with Gasteiger partial charge in [-0.3, -0.25) is 14.4 Å². The predicted molar refractivity (Wildman–Crippen MR) is 90.7 cm³/mol. The zero-order chi connectivity index (χ0) is 16.9. The van der Waals surface area contributed by atoms with Crippen molar-refractivity contribution in [2.75, 3.05) is 29.9 Å². The number of anilines is 2. The molecule has 0 saturated carbocycles. The van der Waals surface area contributed by atoms with E-state index in [1.807, 2.05) is 6.07 Å². The van der Waals surface area contributed by atoms with E-state index in [1.165, 1.54) is 4.90 Å². The number of para-hydroxylation sites is 2. The third kappa shape index (κ3) is 3.91. The molecule has 1 saturated heterocycles. The molecule has 0 radical (unpaired) electrons. The number of hydrogen-bond donors (Lipinski definition) is 3. The molecular formula is C17H22N4O3. The Bertz CT molecular complexity index is 640. The van der Waals surface area contributed by atoms with Crippen molar-refractivity contribution in [1.82, 2.24) is 10.6 Å². The summed E-state index contributed by atoms with van der Waals surface area (Å²) in [5.41, 5.74) is 1.30. The summed E-state index contributed by atoms with van der Waals surface area (Å²) >= 11 is 0. The highest BCUT2D eigenvalue weighted by Gasteiger charge is 2.26. The number of rotatable bonds is 4. The Morgan fingerprint density at radius 1 is 1.25 bits per heavy atom. The lowest BCUT2D eigenvalue weighted by Crippen LogP contribution is -2.46. The van der Waals surface area contributed by atoms with Crippen molar-refractivity contribution in [3.63, 3.8) is 0 Å². The van der Waals surface area contributed by atoms with E-state index < -0.39 is 0 Å². The highest BCUT2D eigenvalue weighted by Crippen LogP contribution is 2.29. The second kappa shape index (κ2) is 7.44. The van der Waals surface area contributed by atoms with E-state index >= 15 is 0 Å². The molecule has 1 fully saturated rings. The van der Waals surface area contributed by atoms with Crippen molar-refractivity contribution in [2.45, 2.75) is 31.7 Å². The van der Waals surface area contributed by atoms with Crippen LogP contribution in [0, 0.1) is 0 Å². The van der Waals surface area contributed by atoms with Crippen molar-refractivity contribution in [3.05, 3.63) is 24.3 Å². The monoisotopic (exact) mass is 330 g/mol. The van der Waals surface area contributed by atoms with Crippen molar-refractivity contribution < 1.29 is 14.4 Å². The van der Waals surface area contributed by atoms with E-state index in [2.05, 4.69) is 16.0 Å². The van der Waals surface area contributed by atoms with Gasteiger partial charge in [0.25, 0.3) is 0 Å². The molecule has 1 aromatic carbocycles. The maximum atomic E-state index is 12.5. The van der Waals surface area contributed by atoms with Crippen LogP contribution in [-0.2, 0) is 14.4 Å². The summed E-state index contributed by atoms with van der Waals surface area (Å²) in [6, 6.07) is 7.32. The minimum Gasteiger partial charge on any atom is -0.352 e. The van der Waals surface area contributed by atoms with E-state index in [0.717, 1.165) is 25.9 Å². The number of nitrogens with one attached hydrogen (secondary N) is 3. The highest BCUT2D eigenvalue weighted by molar-refractivity contribution is 6.10. The van der Waals surface area contributed by atoms with Gasteiger partial charge in [-0.05, 0) is 31.5 Å². The largest absolute Gasteiger partial charge is 0.352 e. The number of piperidine rings is 1. The second-order valence-electron chi connectivity index (χ2n) is 6.16. The fourth-order valence-corrected chi connectivity index (χ4v) is 3.09. The molecule has 0 aromatic heterocycles. The van der Waals surface area contributed by atoms with E-state index in [-0.39, 0.29) is 43.1 Å². The lowest BCUT2D eigenvalue weighted by Gasteiger charge is -2.29. The molecule has 2 aliphatic rings. The molecule has 0 aliphatic carbocycles. The molecule has 24 heavy (non-hydrogen) atoms. The van der Waals surface area contributed by atoms with Crippen LogP contribution in [0.3, 0.4) is 0 Å². The van der Waals surface area contributed by atoms with Gasteiger partial charge in [-0.15, -0.1) is 0 Å². The summed E-state index contributed by atoms with van der Waals surface area (Å²) in [6.07, 6.45) is 2.24. The minimum absolute atomic E-state index is 0.00991. The Morgan fingerprint density at radius 3 is 2.88 bits per heavy atom.